The monoisotopic (exact) mass is 485 g/mol. The molecule has 1 aliphatic heterocycles. The second-order valence-corrected chi connectivity index (χ2v) is 9.08. The molecule has 2 amide bonds. The summed E-state index contributed by atoms with van der Waals surface area (Å²) in [6, 6.07) is 9.51. The number of nitrogens with zero attached hydrogens (tertiary/aromatic N) is 2. The smallest absolute Gasteiger partial charge is 0.407 e. The molecule has 0 saturated heterocycles. The minimum Gasteiger partial charge on any atom is -0.493 e. The van der Waals surface area contributed by atoms with E-state index >= 15 is 0 Å². The van der Waals surface area contributed by atoms with E-state index in [9.17, 15) is 19.7 Å². The van der Waals surface area contributed by atoms with Crippen molar-refractivity contribution in [3.05, 3.63) is 63.2 Å². The topological polar surface area (TPSA) is 120 Å². The molecule has 1 aliphatic rings. The highest BCUT2D eigenvalue weighted by Gasteiger charge is 2.38. The fraction of sp³-hybridized carbons (Fsp3) is 0.440. The van der Waals surface area contributed by atoms with Gasteiger partial charge in [-0.1, -0.05) is 18.2 Å². The molecule has 2 aromatic carbocycles. The summed E-state index contributed by atoms with van der Waals surface area (Å²) in [7, 11) is 1.54. The quantitative estimate of drug-likeness (QED) is 0.407. The highest BCUT2D eigenvalue weighted by Crippen LogP contribution is 2.39. The fourth-order valence-electron chi connectivity index (χ4n) is 4.06. The van der Waals surface area contributed by atoms with Crippen LogP contribution in [0, 0.1) is 10.1 Å². The van der Waals surface area contributed by atoms with Crippen LogP contribution in [0.5, 0.6) is 11.5 Å². The molecular formula is C25H31N3O7. The van der Waals surface area contributed by atoms with E-state index in [2.05, 4.69) is 5.32 Å². The molecule has 3 rings (SSSR count). The molecule has 188 valence electrons. The van der Waals surface area contributed by atoms with Crippen LogP contribution in [0.25, 0.3) is 0 Å². The Balaban J connectivity index is 1.92. The number of nitrogens with one attached hydrogen (secondary N) is 1. The predicted octanol–water partition coefficient (Wildman–Crippen LogP) is 4.61. The van der Waals surface area contributed by atoms with Crippen molar-refractivity contribution in [1.29, 1.82) is 0 Å². The van der Waals surface area contributed by atoms with Crippen LogP contribution in [0.2, 0.25) is 0 Å². The zero-order valence-electron chi connectivity index (χ0n) is 20.6. The van der Waals surface area contributed by atoms with E-state index in [1.54, 1.807) is 57.0 Å². The average Bonchev–Trinajstić information content (AvgIpc) is 3.12. The van der Waals surface area contributed by atoms with Crippen molar-refractivity contribution in [3.63, 3.8) is 0 Å². The first-order chi connectivity index (χ1) is 16.6. The highest BCUT2D eigenvalue weighted by molar-refractivity contribution is 6.02. The Bertz CT molecular complexity index is 1110. The van der Waals surface area contributed by atoms with Gasteiger partial charge in [-0.15, -0.1) is 0 Å². The largest absolute Gasteiger partial charge is 0.493 e. The van der Waals surface area contributed by atoms with E-state index in [1.807, 2.05) is 13.0 Å². The SMILES string of the molecule is CCOc1cc(C(CCNC(=O)OC(C)(C)C)N2Cc3cccc([N+](=O)[O-])c3C2=O)ccc1OC. The molecule has 0 fully saturated rings. The van der Waals surface area contributed by atoms with Crippen molar-refractivity contribution in [2.75, 3.05) is 20.3 Å². The minimum atomic E-state index is -0.642. The van der Waals surface area contributed by atoms with Crippen LogP contribution in [0.15, 0.2) is 36.4 Å². The molecule has 0 bridgehead atoms. The van der Waals surface area contributed by atoms with E-state index in [0.29, 0.717) is 30.1 Å². The number of alkyl carbamates (subject to hydrolysis) is 1. The van der Waals surface area contributed by atoms with Crippen molar-refractivity contribution in [1.82, 2.24) is 10.2 Å². The number of hydrogen-bond acceptors (Lipinski definition) is 7. The summed E-state index contributed by atoms with van der Waals surface area (Å²) in [6.07, 6.45) is -0.211. The van der Waals surface area contributed by atoms with Gasteiger partial charge in [0.1, 0.15) is 11.2 Å². The molecule has 1 heterocycles. The molecule has 0 radical (unpaired) electrons. The van der Waals surface area contributed by atoms with E-state index in [-0.39, 0.29) is 24.3 Å². The molecule has 35 heavy (non-hydrogen) atoms. The highest BCUT2D eigenvalue weighted by atomic mass is 16.6. The van der Waals surface area contributed by atoms with Gasteiger partial charge in [-0.05, 0) is 57.4 Å². The third kappa shape index (κ3) is 6.00. The van der Waals surface area contributed by atoms with Crippen molar-refractivity contribution in [3.8, 4) is 11.5 Å². The standard InChI is InChI=1S/C25H31N3O7/c1-6-34-21-14-16(10-11-20(21)33-5)18(12-13-26-24(30)35-25(2,3)4)27-15-17-8-7-9-19(28(31)32)22(17)23(27)29/h7-11,14,18H,6,12-13,15H2,1-5H3,(H,26,30). The summed E-state index contributed by atoms with van der Waals surface area (Å²) in [6.45, 7) is 8.03. The summed E-state index contributed by atoms with van der Waals surface area (Å²) < 4.78 is 16.4. The molecule has 10 heteroatoms. The van der Waals surface area contributed by atoms with Crippen molar-refractivity contribution < 1.29 is 28.7 Å². The number of methoxy groups -OCH3 is 1. The van der Waals surface area contributed by atoms with Gasteiger partial charge >= 0.3 is 6.09 Å². The number of ether oxygens (including phenoxy) is 3. The Morgan fingerprint density at radius 2 is 1.97 bits per heavy atom. The fourth-order valence-corrected chi connectivity index (χ4v) is 4.06. The number of fused-ring (bicyclic) bond motifs is 1. The molecule has 1 unspecified atom stereocenters. The van der Waals surface area contributed by atoms with Crippen LogP contribution in [0.3, 0.4) is 0 Å². The van der Waals surface area contributed by atoms with Gasteiger partial charge in [-0.3, -0.25) is 14.9 Å². The number of amides is 2. The van der Waals surface area contributed by atoms with E-state index in [1.165, 1.54) is 6.07 Å². The lowest BCUT2D eigenvalue weighted by atomic mass is 10.0. The molecule has 0 saturated carbocycles. The molecular weight excluding hydrogens is 454 g/mol. The molecule has 2 aromatic rings. The van der Waals surface area contributed by atoms with Gasteiger partial charge in [0.25, 0.3) is 11.6 Å². The maximum absolute atomic E-state index is 13.4. The molecule has 1 atom stereocenters. The maximum Gasteiger partial charge on any atom is 0.407 e. The van der Waals surface area contributed by atoms with Gasteiger partial charge in [-0.25, -0.2) is 4.79 Å². The molecule has 1 N–H and O–H groups in total. The van der Waals surface area contributed by atoms with Crippen molar-refractivity contribution in [2.24, 2.45) is 0 Å². The number of nitro groups is 1. The van der Waals surface area contributed by atoms with Crippen LogP contribution >= 0.6 is 0 Å². The predicted molar refractivity (Wildman–Crippen MR) is 129 cm³/mol. The maximum atomic E-state index is 13.4. The Labute approximate surface area is 204 Å². The summed E-state index contributed by atoms with van der Waals surface area (Å²) in [4.78, 5) is 38.2. The lowest BCUT2D eigenvalue weighted by molar-refractivity contribution is -0.385. The average molecular weight is 486 g/mol. The molecule has 0 aromatic heterocycles. The third-order valence-electron chi connectivity index (χ3n) is 5.48. The minimum absolute atomic E-state index is 0.0983. The molecule has 0 aliphatic carbocycles. The summed E-state index contributed by atoms with van der Waals surface area (Å²) in [5.41, 5.74) is 0.584. The number of carbonyl (C=O) groups excluding carboxylic acids is 2. The summed E-state index contributed by atoms with van der Waals surface area (Å²) in [5, 5.41) is 14.3. The van der Waals surface area contributed by atoms with Gasteiger partial charge in [0.05, 0.1) is 24.7 Å². The Kier molecular flexibility index (Phi) is 7.83. The van der Waals surface area contributed by atoms with Gasteiger partial charge in [0, 0.05) is 19.2 Å². The Hall–Kier alpha value is -3.82. The normalized spacial score (nSPS) is 13.7. The van der Waals surface area contributed by atoms with E-state index in [0.717, 1.165) is 5.56 Å². The van der Waals surface area contributed by atoms with Crippen LogP contribution in [-0.4, -0.2) is 47.7 Å². The number of carbonyl (C=O) groups is 2. The third-order valence-corrected chi connectivity index (χ3v) is 5.48. The van der Waals surface area contributed by atoms with E-state index in [4.69, 9.17) is 14.2 Å². The van der Waals surface area contributed by atoms with Crippen molar-refractivity contribution in [2.45, 2.75) is 52.3 Å². The lowest BCUT2D eigenvalue weighted by Gasteiger charge is -2.29. The first-order valence-corrected chi connectivity index (χ1v) is 11.4. The van der Waals surface area contributed by atoms with Crippen molar-refractivity contribution >= 4 is 17.7 Å². The Morgan fingerprint density at radius 3 is 2.60 bits per heavy atom. The second kappa shape index (κ2) is 10.6. The molecule has 0 spiro atoms. The van der Waals surface area contributed by atoms with Crippen LogP contribution in [-0.2, 0) is 11.3 Å². The van der Waals surface area contributed by atoms with Crippen LogP contribution < -0.4 is 14.8 Å². The van der Waals surface area contributed by atoms with Gasteiger partial charge in [-0.2, -0.15) is 0 Å². The number of nitro benzene ring substituents is 1. The lowest BCUT2D eigenvalue weighted by Crippen LogP contribution is -2.36. The van der Waals surface area contributed by atoms with Gasteiger partial charge < -0.3 is 24.4 Å². The number of benzene rings is 2. The first kappa shape index (κ1) is 25.8. The first-order valence-electron chi connectivity index (χ1n) is 11.4. The number of rotatable bonds is 9. The second-order valence-electron chi connectivity index (χ2n) is 9.08. The van der Waals surface area contributed by atoms with E-state index < -0.39 is 28.6 Å². The van der Waals surface area contributed by atoms with Crippen LogP contribution in [0.1, 0.15) is 61.6 Å². The van der Waals surface area contributed by atoms with Gasteiger partial charge in [0.15, 0.2) is 11.5 Å². The Morgan fingerprint density at radius 1 is 1.23 bits per heavy atom. The zero-order valence-corrected chi connectivity index (χ0v) is 20.6. The van der Waals surface area contributed by atoms with Crippen LogP contribution in [0.4, 0.5) is 10.5 Å². The molecule has 10 nitrogen and oxygen atoms in total. The summed E-state index contributed by atoms with van der Waals surface area (Å²) >= 11 is 0. The zero-order chi connectivity index (χ0) is 25.8. The number of hydrogen-bond donors (Lipinski definition) is 1. The summed E-state index contributed by atoms with van der Waals surface area (Å²) in [5.74, 6) is 0.643. The van der Waals surface area contributed by atoms with Gasteiger partial charge in [0.2, 0.25) is 0 Å².